The van der Waals surface area contributed by atoms with Crippen LogP contribution >= 0.6 is 0 Å². The van der Waals surface area contributed by atoms with E-state index in [0.717, 1.165) is 0 Å². The zero-order chi connectivity index (χ0) is 8.81. The lowest BCUT2D eigenvalue weighted by Crippen LogP contribution is -2.01. The molecule has 1 rings (SSSR count). The second kappa shape index (κ2) is 4.90. The highest BCUT2D eigenvalue weighted by atomic mass is 28.2. The van der Waals surface area contributed by atoms with Crippen molar-refractivity contribution >= 4 is 9.76 Å². The molecule has 64 valence electrons. The van der Waals surface area contributed by atoms with E-state index in [9.17, 15) is 0 Å². The first kappa shape index (κ1) is 9.23. The summed E-state index contributed by atoms with van der Waals surface area (Å²) < 4.78 is 5.60. The monoisotopic (exact) mass is 178 g/mol. The number of hydrogen-bond acceptors (Lipinski definition) is 1. The number of benzene rings is 1. The second-order valence-corrected chi connectivity index (χ2v) is 3.92. The third-order valence-corrected chi connectivity index (χ3v) is 2.66. The molecule has 1 unspecified atom stereocenters. The summed E-state index contributed by atoms with van der Waals surface area (Å²) in [7, 11) is -0.506. The molecule has 0 amide bonds. The highest BCUT2D eigenvalue weighted by Crippen LogP contribution is 2.14. The SMILES string of the molecule is C=C[SiH2]OC(C)c1ccccc1. The van der Waals surface area contributed by atoms with Crippen LogP contribution in [0.5, 0.6) is 0 Å². The van der Waals surface area contributed by atoms with Crippen LogP contribution in [0, 0.1) is 0 Å². The molecule has 0 N–H and O–H groups in total. The highest BCUT2D eigenvalue weighted by molar-refractivity contribution is 6.34. The third kappa shape index (κ3) is 2.64. The molecule has 0 heterocycles. The van der Waals surface area contributed by atoms with Crippen LogP contribution in [0.25, 0.3) is 0 Å². The summed E-state index contributed by atoms with van der Waals surface area (Å²) in [5.41, 5.74) is 3.14. The second-order valence-electron chi connectivity index (χ2n) is 2.67. The fourth-order valence-corrected chi connectivity index (χ4v) is 1.65. The van der Waals surface area contributed by atoms with Crippen molar-refractivity contribution in [1.29, 1.82) is 0 Å². The van der Waals surface area contributed by atoms with Gasteiger partial charge in [-0.05, 0) is 12.5 Å². The van der Waals surface area contributed by atoms with E-state index in [2.05, 4.69) is 25.6 Å². The molecule has 0 aliphatic heterocycles. The minimum atomic E-state index is -0.506. The van der Waals surface area contributed by atoms with Gasteiger partial charge in [0.05, 0.1) is 6.10 Å². The summed E-state index contributed by atoms with van der Waals surface area (Å²) in [6.07, 6.45) is 0.218. The Bertz CT molecular complexity index is 233. The van der Waals surface area contributed by atoms with E-state index in [4.69, 9.17) is 4.43 Å². The van der Waals surface area contributed by atoms with E-state index in [0.29, 0.717) is 0 Å². The Balaban J connectivity index is 2.53. The van der Waals surface area contributed by atoms with E-state index in [1.165, 1.54) is 5.56 Å². The Morgan fingerprint density at radius 3 is 2.67 bits per heavy atom. The standard InChI is InChI=1S/C10H14OSi/c1-3-12-11-9(2)10-7-5-4-6-8-10/h3-9H,1,12H2,2H3. The molecule has 0 radical (unpaired) electrons. The van der Waals surface area contributed by atoms with Crippen LogP contribution in [-0.2, 0) is 4.43 Å². The largest absolute Gasteiger partial charge is 0.413 e. The quantitative estimate of drug-likeness (QED) is 0.641. The van der Waals surface area contributed by atoms with Crippen molar-refractivity contribution in [3.8, 4) is 0 Å². The number of hydrogen-bond donors (Lipinski definition) is 0. The molecule has 0 aromatic heterocycles. The van der Waals surface area contributed by atoms with Gasteiger partial charge in [0.25, 0.3) is 0 Å². The summed E-state index contributed by atoms with van der Waals surface area (Å²) in [4.78, 5) is 0. The van der Waals surface area contributed by atoms with Crippen molar-refractivity contribution in [2.45, 2.75) is 13.0 Å². The lowest BCUT2D eigenvalue weighted by molar-refractivity contribution is 0.244. The van der Waals surface area contributed by atoms with Crippen molar-refractivity contribution in [3.05, 3.63) is 48.2 Å². The maximum absolute atomic E-state index is 5.60. The van der Waals surface area contributed by atoms with Crippen molar-refractivity contribution in [2.75, 3.05) is 0 Å². The van der Waals surface area contributed by atoms with Crippen LogP contribution in [0.4, 0.5) is 0 Å². The molecule has 1 atom stereocenters. The summed E-state index contributed by atoms with van der Waals surface area (Å²) in [6, 6.07) is 10.3. The van der Waals surface area contributed by atoms with Gasteiger partial charge >= 0.3 is 0 Å². The molecule has 0 fully saturated rings. The van der Waals surface area contributed by atoms with Gasteiger partial charge in [-0.1, -0.05) is 36.0 Å². The Labute approximate surface area is 76.0 Å². The Morgan fingerprint density at radius 1 is 1.42 bits per heavy atom. The predicted molar refractivity (Wildman–Crippen MR) is 54.7 cm³/mol. The summed E-state index contributed by atoms with van der Waals surface area (Å²) in [6.45, 7) is 5.74. The first-order valence-electron chi connectivity index (χ1n) is 4.12. The van der Waals surface area contributed by atoms with Gasteiger partial charge < -0.3 is 4.43 Å². The van der Waals surface area contributed by atoms with E-state index in [1.54, 1.807) is 0 Å². The average Bonchev–Trinajstić information content (AvgIpc) is 2.15. The van der Waals surface area contributed by atoms with Crippen molar-refractivity contribution in [3.63, 3.8) is 0 Å². The molecule has 0 aliphatic rings. The van der Waals surface area contributed by atoms with Gasteiger partial charge in [-0.2, -0.15) is 0 Å². The molecule has 0 aliphatic carbocycles. The molecule has 1 aromatic carbocycles. The molecule has 0 saturated heterocycles. The topological polar surface area (TPSA) is 9.23 Å². The molecular weight excluding hydrogens is 164 g/mol. The Morgan fingerprint density at radius 2 is 2.08 bits per heavy atom. The first-order valence-corrected chi connectivity index (χ1v) is 5.51. The van der Waals surface area contributed by atoms with Crippen LogP contribution < -0.4 is 0 Å². The predicted octanol–water partition coefficient (Wildman–Crippen LogP) is 1.99. The molecule has 0 spiro atoms. The average molecular weight is 178 g/mol. The van der Waals surface area contributed by atoms with E-state index in [1.807, 2.05) is 23.9 Å². The van der Waals surface area contributed by atoms with Gasteiger partial charge in [-0.3, -0.25) is 0 Å². The lowest BCUT2D eigenvalue weighted by atomic mass is 10.1. The number of rotatable bonds is 4. The van der Waals surface area contributed by atoms with E-state index >= 15 is 0 Å². The maximum atomic E-state index is 5.60. The molecule has 0 saturated carbocycles. The van der Waals surface area contributed by atoms with Gasteiger partial charge in [-0.25, -0.2) is 0 Å². The molecule has 2 heteroatoms. The van der Waals surface area contributed by atoms with Gasteiger partial charge in [0.2, 0.25) is 0 Å². The molecule has 0 bridgehead atoms. The maximum Gasteiger partial charge on any atom is 0.185 e. The van der Waals surface area contributed by atoms with Crippen molar-refractivity contribution in [1.82, 2.24) is 0 Å². The lowest BCUT2D eigenvalue weighted by Gasteiger charge is -2.11. The van der Waals surface area contributed by atoms with Gasteiger partial charge in [0.15, 0.2) is 9.76 Å². The van der Waals surface area contributed by atoms with Crippen molar-refractivity contribution in [2.24, 2.45) is 0 Å². The van der Waals surface area contributed by atoms with Gasteiger partial charge in [-0.15, -0.1) is 6.58 Å². The molecule has 12 heavy (non-hydrogen) atoms. The zero-order valence-corrected chi connectivity index (χ0v) is 8.78. The normalized spacial score (nSPS) is 13.4. The Kier molecular flexibility index (Phi) is 3.77. The van der Waals surface area contributed by atoms with E-state index in [-0.39, 0.29) is 6.10 Å². The fourth-order valence-electron chi connectivity index (χ4n) is 1.03. The summed E-state index contributed by atoms with van der Waals surface area (Å²) in [5.74, 6) is 0. The molecule has 1 nitrogen and oxygen atoms in total. The summed E-state index contributed by atoms with van der Waals surface area (Å²) >= 11 is 0. The minimum absolute atomic E-state index is 0.218. The van der Waals surface area contributed by atoms with Crippen molar-refractivity contribution < 1.29 is 4.43 Å². The minimum Gasteiger partial charge on any atom is -0.413 e. The molecule has 1 aromatic rings. The van der Waals surface area contributed by atoms with Crippen LogP contribution in [0.3, 0.4) is 0 Å². The molecular formula is C10H14OSi. The zero-order valence-electron chi connectivity index (χ0n) is 7.36. The van der Waals surface area contributed by atoms with Crippen LogP contribution in [0.2, 0.25) is 0 Å². The van der Waals surface area contributed by atoms with Crippen LogP contribution in [-0.4, -0.2) is 9.76 Å². The van der Waals surface area contributed by atoms with Gasteiger partial charge in [0, 0.05) is 0 Å². The third-order valence-electron chi connectivity index (χ3n) is 1.73. The van der Waals surface area contributed by atoms with Crippen LogP contribution in [0.15, 0.2) is 42.6 Å². The Hall–Kier alpha value is -0.863. The fraction of sp³-hybridized carbons (Fsp3) is 0.200. The van der Waals surface area contributed by atoms with Gasteiger partial charge in [0.1, 0.15) is 0 Å². The van der Waals surface area contributed by atoms with Crippen LogP contribution in [0.1, 0.15) is 18.6 Å². The highest BCUT2D eigenvalue weighted by Gasteiger charge is 2.01. The smallest absolute Gasteiger partial charge is 0.185 e. The summed E-state index contributed by atoms with van der Waals surface area (Å²) in [5, 5.41) is 0. The van der Waals surface area contributed by atoms with E-state index < -0.39 is 9.76 Å². The first-order chi connectivity index (χ1) is 5.84.